The van der Waals surface area contributed by atoms with Gasteiger partial charge >= 0.3 is 0 Å². The van der Waals surface area contributed by atoms with Crippen LogP contribution >= 0.6 is 0 Å². The highest BCUT2D eigenvalue weighted by Crippen LogP contribution is 2.40. The number of hydrogen-bond donors (Lipinski definition) is 0. The van der Waals surface area contributed by atoms with Crippen molar-refractivity contribution in [2.75, 3.05) is 0 Å². The fourth-order valence-corrected chi connectivity index (χ4v) is 3.60. The van der Waals surface area contributed by atoms with Crippen LogP contribution in [0.25, 0.3) is 11.4 Å². The Labute approximate surface area is 112 Å². The molecule has 2 aliphatic rings. The fourth-order valence-electron chi connectivity index (χ4n) is 3.60. The lowest BCUT2D eigenvalue weighted by molar-refractivity contribution is 0.510. The van der Waals surface area contributed by atoms with Crippen molar-refractivity contribution in [1.29, 1.82) is 0 Å². The minimum absolute atomic E-state index is 0.623. The van der Waals surface area contributed by atoms with E-state index in [1.165, 1.54) is 42.6 Å². The Kier molecular flexibility index (Phi) is 2.28. The molecule has 0 amide bonds. The summed E-state index contributed by atoms with van der Waals surface area (Å²) < 4.78 is 2.45. The number of hydrogen-bond acceptors (Lipinski definition) is 3. The molecule has 0 aromatic carbocycles. The number of aryl methyl sites for hydroxylation is 2. The SMILES string of the molecule is Cc1ncc2c(n1)-c1c(nc(C)n1C1CCCC1)C2. The lowest BCUT2D eigenvalue weighted by Crippen LogP contribution is -2.09. The predicted molar refractivity (Wildman–Crippen MR) is 73.0 cm³/mol. The van der Waals surface area contributed by atoms with Crippen LogP contribution in [0.5, 0.6) is 0 Å². The summed E-state index contributed by atoms with van der Waals surface area (Å²) in [5, 5.41) is 0. The average molecular weight is 254 g/mol. The van der Waals surface area contributed by atoms with Gasteiger partial charge in [0.15, 0.2) is 0 Å². The Hall–Kier alpha value is -1.71. The zero-order chi connectivity index (χ0) is 13.0. The van der Waals surface area contributed by atoms with Gasteiger partial charge in [0, 0.05) is 24.2 Å². The predicted octanol–water partition coefficient (Wildman–Crippen LogP) is 2.98. The van der Waals surface area contributed by atoms with E-state index in [1.54, 1.807) is 0 Å². The maximum atomic E-state index is 4.78. The van der Waals surface area contributed by atoms with Crippen LogP contribution in [0.3, 0.4) is 0 Å². The molecule has 0 aliphatic heterocycles. The smallest absolute Gasteiger partial charge is 0.125 e. The normalized spacial score (nSPS) is 17.8. The molecule has 1 fully saturated rings. The quantitative estimate of drug-likeness (QED) is 0.670. The monoisotopic (exact) mass is 254 g/mol. The summed E-state index contributed by atoms with van der Waals surface area (Å²) in [5.41, 5.74) is 4.81. The molecule has 98 valence electrons. The van der Waals surface area contributed by atoms with E-state index in [0.29, 0.717) is 6.04 Å². The molecule has 0 spiro atoms. The molecule has 0 N–H and O–H groups in total. The third-order valence-corrected chi connectivity index (χ3v) is 4.42. The molecule has 2 aliphatic carbocycles. The van der Waals surface area contributed by atoms with Crippen LogP contribution in [0.1, 0.15) is 54.6 Å². The van der Waals surface area contributed by atoms with Crippen molar-refractivity contribution in [2.45, 2.75) is 52.0 Å². The Balaban J connectivity index is 1.92. The fraction of sp³-hybridized carbons (Fsp3) is 0.533. The zero-order valence-electron chi connectivity index (χ0n) is 11.5. The largest absolute Gasteiger partial charge is 0.324 e. The van der Waals surface area contributed by atoms with Crippen LogP contribution < -0.4 is 0 Å². The van der Waals surface area contributed by atoms with Gasteiger partial charge in [-0.25, -0.2) is 15.0 Å². The molecular formula is C15H18N4. The van der Waals surface area contributed by atoms with Crippen LogP contribution in [0.4, 0.5) is 0 Å². The molecule has 19 heavy (non-hydrogen) atoms. The summed E-state index contributed by atoms with van der Waals surface area (Å²) >= 11 is 0. The number of rotatable bonds is 1. The van der Waals surface area contributed by atoms with E-state index < -0.39 is 0 Å². The van der Waals surface area contributed by atoms with Crippen molar-refractivity contribution in [2.24, 2.45) is 0 Å². The summed E-state index contributed by atoms with van der Waals surface area (Å²) in [7, 11) is 0. The minimum atomic E-state index is 0.623. The molecular weight excluding hydrogens is 236 g/mol. The van der Waals surface area contributed by atoms with Gasteiger partial charge in [0.2, 0.25) is 0 Å². The van der Waals surface area contributed by atoms with Gasteiger partial charge in [-0.3, -0.25) is 0 Å². The topological polar surface area (TPSA) is 43.6 Å². The molecule has 2 heterocycles. The highest BCUT2D eigenvalue weighted by molar-refractivity contribution is 5.69. The van der Waals surface area contributed by atoms with E-state index in [2.05, 4.69) is 21.5 Å². The first-order chi connectivity index (χ1) is 9.24. The first kappa shape index (κ1) is 11.1. The summed E-state index contributed by atoms with van der Waals surface area (Å²) in [5.74, 6) is 2.00. The van der Waals surface area contributed by atoms with E-state index in [1.807, 2.05) is 13.1 Å². The molecule has 0 unspecified atom stereocenters. The Morgan fingerprint density at radius 3 is 2.74 bits per heavy atom. The van der Waals surface area contributed by atoms with Crippen molar-refractivity contribution < 1.29 is 0 Å². The number of nitrogens with zero attached hydrogens (tertiary/aromatic N) is 4. The second-order valence-corrected chi connectivity index (χ2v) is 5.73. The standard InChI is InChI=1S/C15H18N4/c1-9-16-8-11-7-13-15(14(11)17-9)19(10(2)18-13)12-5-3-4-6-12/h8,12H,3-7H2,1-2H3. The molecule has 4 rings (SSSR count). The average Bonchev–Trinajstić information content (AvgIpc) is 3.04. The molecule has 0 bridgehead atoms. The molecule has 0 atom stereocenters. The summed E-state index contributed by atoms with van der Waals surface area (Å²) in [6.45, 7) is 4.09. The molecule has 4 nitrogen and oxygen atoms in total. The van der Waals surface area contributed by atoms with Gasteiger partial charge in [0.1, 0.15) is 11.6 Å². The van der Waals surface area contributed by atoms with Crippen molar-refractivity contribution in [3.05, 3.63) is 29.1 Å². The van der Waals surface area contributed by atoms with Crippen molar-refractivity contribution in [3.8, 4) is 11.4 Å². The maximum absolute atomic E-state index is 4.78. The van der Waals surface area contributed by atoms with Crippen LogP contribution in [0.2, 0.25) is 0 Å². The molecule has 2 aromatic heterocycles. The van der Waals surface area contributed by atoms with Gasteiger partial charge in [-0.1, -0.05) is 12.8 Å². The first-order valence-electron chi connectivity index (χ1n) is 7.14. The zero-order valence-corrected chi connectivity index (χ0v) is 11.5. The summed E-state index contributed by atoms with van der Waals surface area (Å²) in [4.78, 5) is 13.8. The molecule has 0 saturated heterocycles. The first-order valence-corrected chi connectivity index (χ1v) is 7.14. The number of imidazole rings is 1. The Morgan fingerprint density at radius 2 is 1.95 bits per heavy atom. The van der Waals surface area contributed by atoms with Crippen molar-refractivity contribution in [3.63, 3.8) is 0 Å². The van der Waals surface area contributed by atoms with E-state index in [0.717, 1.165) is 23.8 Å². The second-order valence-electron chi connectivity index (χ2n) is 5.73. The van der Waals surface area contributed by atoms with E-state index in [4.69, 9.17) is 4.98 Å². The van der Waals surface area contributed by atoms with E-state index >= 15 is 0 Å². The third-order valence-electron chi connectivity index (χ3n) is 4.42. The van der Waals surface area contributed by atoms with Gasteiger partial charge in [0.05, 0.1) is 17.1 Å². The summed E-state index contributed by atoms with van der Waals surface area (Å²) in [6.07, 6.45) is 8.10. The summed E-state index contributed by atoms with van der Waals surface area (Å²) in [6, 6.07) is 0.623. The lowest BCUT2D eigenvalue weighted by atomic mass is 10.2. The lowest BCUT2D eigenvalue weighted by Gasteiger charge is -2.17. The highest BCUT2D eigenvalue weighted by Gasteiger charge is 2.31. The number of fused-ring (bicyclic) bond motifs is 3. The third kappa shape index (κ3) is 1.55. The molecule has 4 heteroatoms. The maximum Gasteiger partial charge on any atom is 0.125 e. The van der Waals surface area contributed by atoms with Crippen molar-refractivity contribution >= 4 is 0 Å². The van der Waals surface area contributed by atoms with Gasteiger partial charge in [-0.15, -0.1) is 0 Å². The van der Waals surface area contributed by atoms with Gasteiger partial charge < -0.3 is 4.57 Å². The van der Waals surface area contributed by atoms with Crippen LogP contribution in [-0.2, 0) is 6.42 Å². The van der Waals surface area contributed by atoms with Gasteiger partial charge in [0.25, 0.3) is 0 Å². The Morgan fingerprint density at radius 1 is 1.16 bits per heavy atom. The molecule has 2 aromatic rings. The van der Waals surface area contributed by atoms with Crippen LogP contribution in [0.15, 0.2) is 6.20 Å². The van der Waals surface area contributed by atoms with Crippen LogP contribution in [-0.4, -0.2) is 19.5 Å². The number of aromatic nitrogens is 4. The molecule has 0 radical (unpaired) electrons. The highest BCUT2D eigenvalue weighted by atomic mass is 15.1. The van der Waals surface area contributed by atoms with Gasteiger partial charge in [-0.05, 0) is 26.7 Å². The van der Waals surface area contributed by atoms with Crippen molar-refractivity contribution in [1.82, 2.24) is 19.5 Å². The second kappa shape index (κ2) is 3.89. The Bertz CT molecular complexity index is 650. The van der Waals surface area contributed by atoms with E-state index in [9.17, 15) is 0 Å². The van der Waals surface area contributed by atoms with E-state index in [-0.39, 0.29) is 0 Å². The van der Waals surface area contributed by atoms with Gasteiger partial charge in [-0.2, -0.15) is 0 Å². The molecule has 1 saturated carbocycles. The minimum Gasteiger partial charge on any atom is -0.324 e. The van der Waals surface area contributed by atoms with Crippen LogP contribution in [0, 0.1) is 13.8 Å².